The molecule has 2 unspecified atom stereocenters. The molecule has 0 aliphatic carbocycles. The van der Waals surface area contributed by atoms with E-state index < -0.39 is 17.9 Å². The number of hydrogen-bond donors (Lipinski definition) is 3. The van der Waals surface area contributed by atoms with E-state index in [2.05, 4.69) is 13.8 Å². The van der Waals surface area contributed by atoms with Gasteiger partial charge in [-0.1, -0.05) is 57.0 Å². The maximum absolute atomic E-state index is 12.9. The zero-order valence-electron chi connectivity index (χ0n) is 15.8. The van der Waals surface area contributed by atoms with Crippen LogP contribution >= 0.6 is 0 Å². The molecule has 0 heterocycles. The Morgan fingerprint density at radius 3 is 2.30 bits per heavy atom. The van der Waals surface area contributed by atoms with Crippen LogP contribution in [0.4, 0.5) is 5.69 Å². The van der Waals surface area contributed by atoms with Gasteiger partial charge in [0.15, 0.2) is 5.78 Å². The van der Waals surface area contributed by atoms with E-state index in [1.54, 1.807) is 30.3 Å². The van der Waals surface area contributed by atoms with Gasteiger partial charge >= 0.3 is 5.97 Å². The average molecular weight is 369 g/mol. The minimum atomic E-state index is -1.16. The van der Waals surface area contributed by atoms with Crippen molar-refractivity contribution in [3.05, 3.63) is 64.7 Å². The second-order valence-electron chi connectivity index (χ2n) is 7.05. The third-order valence-electron chi connectivity index (χ3n) is 4.75. The van der Waals surface area contributed by atoms with Crippen LogP contribution in [0.15, 0.2) is 42.5 Å². The predicted octanol–water partition coefficient (Wildman–Crippen LogP) is 3.93. The van der Waals surface area contributed by atoms with Gasteiger partial charge < -0.3 is 15.9 Å². The molecule has 5 heteroatoms. The molecule has 0 aliphatic heterocycles. The molecule has 0 saturated heterocycles. The van der Waals surface area contributed by atoms with Crippen molar-refractivity contribution in [1.29, 1.82) is 0 Å². The Morgan fingerprint density at radius 2 is 1.67 bits per heavy atom. The number of rotatable bonds is 9. The highest BCUT2D eigenvalue weighted by atomic mass is 16.4. The van der Waals surface area contributed by atoms with Gasteiger partial charge in [-0.3, -0.25) is 4.79 Å². The molecule has 0 aliphatic rings. The van der Waals surface area contributed by atoms with Crippen LogP contribution in [0.2, 0.25) is 0 Å². The van der Waals surface area contributed by atoms with E-state index in [1.165, 1.54) is 12.1 Å². The first-order chi connectivity index (χ1) is 12.8. The number of aliphatic hydroxyl groups excluding tert-OH is 1. The van der Waals surface area contributed by atoms with Crippen LogP contribution in [0.3, 0.4) is 0 Å². The molecule has 4 N–H and O–H groups in total. The molecular weight excluding hydrogens is 342 g/mol. The number of aromatic carboxylic acids is 1. The summed E-state index contributed by atoms with van der Waals surface area (Å²) in [6.45, 7) is 4.23. The van der Waals surface area contributed by atoms with Crippen LogP contribution in [0.5, 0.6) is 0 Å². The summed E-state index contributed by atoms with van der Waals surface area (Å²) < 4.78 is 0. The number of carboxylic acid groups (broad SMARTS) is 1. The van der Waals surface area contributed by atoms with E-state index in [9.17, 15) is 19.8 Å². The maximum atomic E-state index is 12.9. The lowest BCUT2D eigenvalue weighted by Gasteiger charge is -2.18. The number of nitrogens with two attached hydrogens (primary N) is 1. The van der Waals surface area contributed by atoms with Gasteiger partial charge in [0.05, 0.1) is 11.7 Å². The van der Waals surface area contributed by atoms with E-state index in [0.29, 0.717) is 30.0 Å². The number of carbonyl (C=O) groups excluding carboxylic acids is 1. The monoisotopic (exact) mass is 369 g/mol. The van der Waals surface area contributed by atoms with Gasteiger partial charge in [0.1, 0.15) is 0 Å². The van der Waals surface area contributed by atoms with E-state index >= 15 is 0 Å². The molecule has 0 spiro atoms. The van der Waals surface area contributed by atoms with Crippen molar-refractivity contribution in [2.24, 2.45) is 5.92 Å². The smallest absolute Gasteiger partial charge is 0.336 e. The van der Waals surface area contributed by atoms with Crippen molar-refractivity contribution >= 4 is 17.4 Å². The summed E-state index contributed by atoms with van der Waals surface area (Å²) in [5.74, 6) is -1.17. The molecule has 144 valence electrons. The summed E-state index contributed by atoms with van der Waals surface area (Å²) >= 11 is 0. The lowest BCUT2D eigenvalue weighted by Crippen LogP contribution is -2.17. The van der Waals surface area contributed by atoms with Crippen molar-refractivity contribution in [3.8, 4) is 0 Å². The van der Waals surface area contributed by atoms with Crippen LogP contribution in [0.1, 0.15) is 65.0 Å². The number of anilines is 1. The van der Waals surface area contributed by atoms with Crippen molar-refractivity contribution in [2.45, 2.75) is 45.6 Å². The highest BCUT2D eigenvalue weighted by Gasteiger charge is 2.21. The number of carboxylic acids is 1. The minimum Gasteiger partial charge on any atom is -0.478 e. The fourth-order valence-electron chi connectivity index (χ4n) is 3.41. The number of ketones is 1. The van der Waals surface area contributed by atoms with Crippen LogP contribution in [-0.2, 0) is 6.42 Å². The second kappa shape index (κ2) is 9.33. The number of para-hydroxylation sites is 1. The Kier molecular flexibility index (Phi) is 7.13. The van der Waals surface area contributed by atoms with Gasteiger partial charge in [-0.25, -0.2) is 4.79 Å². The summed E-state index contributed by atoms with van der Waals surface area (Å²) in [6, 6.07) is 11.2. The summed E-state index contributed by atoms with van der Waals surface area (Å²) in [6.07, 6.45) is 2.63. The van der Waals surface area contributed by atoms with E-state index in [-0.39, 0.29) is 16.7 Å². The van der Waals surface area contributed by atoms with E-state index in [0.717, 1.165) is 12.8 Å². The first-order valence-corrected chi connectivity index (χ1v) is 9.27. The Balaban J connectivity index is 2.27. The first-order valence-electron chi connectivity index (χ1n) is 9.27. The standard InChI is InChI=1S/C22H27NO4/c1-3-7-14(2)12-16(24)13-15-8-6-11-19(20(15)23)21(25)17-9-4-5-10-18(17)22(26)27/h4-6,8-11,14,16,24H,3,7,12-13,23H2,1-2H3,(H,26,27). The second-order valence-corrected chi connectivity index (χ2v) is 7.05. The zero-order chi connectivity index (χ0) is 20.0. The Hall–Kier alpha value is -2.66. The molecule has 0 aromatic heterocycles. The fraction of sp³-hybridized carbons (Fsp3) is 0.364. The highest BCUT2D eigenvalue weighted by molar-refractivity contribution is 6.16. The topological polar surface area (TPSA) is 101 Å². The van der Waals surface area contributed by atoms with Crippen molar-refractivity contribution in [2.75, 3.05) is 5.73 Å². The van der Waals surface area contributed by atoms with E-state index in [1.807, 2.05) is 0 Å². The van der Waals surface area contributed by atoms with E-state index in [4.69, 9.17) is 5.73 Å². The predicted molar refractivity (Wildman–Crippen MR) is 106 cm³/mol. The third kappa shape index (κ3) is 5.17. The van der Waals surface area contributed by atoms with Crippen LogP contribution in [-0.4, -0.2) is 28.1 Å². The zero-order valence-corrected chi connectivity index (χ0v) is 15.8. The number of aliphatic hydroxyl groups is 1. The molecule has 5 nitrogen and oxygen atoms in total. The van der Waals surface area contributed by atoms with Gasteiger partial charge in [0, 0.05) is 23.2 Å². The summed E-state index contributed by atoms with van der Waals surface area (Å²) in [5.41, 5.74) is 7.51. The molecule has 0 saturated carbocycles. The first kappa shape index (κ1) is 20.6. The van der Waals surface area contributed by atoms with Crippen molar-refractivity contribution < 1.29 is 19.8 Å². The molecule has 2 rings (SSSR count). The average Bonchev–Trinajstić information content (AvgIpc) is 2.63. The maximum Gasteiger partial charge on any atom is 0.336 e. The molecule has 0 bridgehead atoms. The molecule has 2 aromatic carbocycles. The Morgan fingerprint density at radius 1 is 1.04 bits per heavy atom. The van der Waals surface area contributed by atoms with Gasteiger partial charge in [0.25, 0.3) is 0 Å². The highest BCUT2D eigenvalue weighted by Crippen LogP contribution is 2.25. The molecular formula is C22H27NO4. The Bertz CT molecular complexity index is 816. The molecule has 2 atom stereocenters. The SMILES string of the molecule is CCCC(C)CC(O)Cc1cccc(C(=O)c2ccccc2C(=O)O)c1N. The molecule has 2 aromatic rings. The third-order valence-corrected chi connectivity index (χ3v) is 4.75. The summed E-state index contributed by atoms with van der Waals surface area (Å²) in [5, 5.41) is 19.7. The summed E-state index contributed by atoms with van der Waals surface area (Å²) in [7, 11) is 0. The molecule has 0 amide bonds. The van der Waals surface area contributed by atoms with Crippen molar-refractivity contribution in [1.82, 2.24) is 0 Å². The number of hydrogen-bond acceptors (Lipinski definition) is 4. The molecule has 0 radical (unpaired) electrons. The quantitative estimate of drug-likeness (QED) is 0.459. The van der Waals surface area contributed by atoms with Crippen LogP contribution in [0, 0.1) is 5.92 Å². The number of carbonyl (C=O) groups is 2. The van der Waals surface area contributed by atoms with Gasteiger partial charge in [-0.05, 0) is 30.0 Å². The lowest BCUT2D eigenvalue weighted by atomic mass is 9.91. The normalized spacial score (nSPS) is 13.1. The van der Waals surface area contributed by atoms with Gasteiger partial charge in [0.2, 0.25) is 0 Å². The number of benzene rings is 2. The Labute approximate surface area is 159 Å². The largest absolute Gasteiger partial charge is 0.478 e. The minimum absolute atomic E-state index is 0.0549. The van der Waals surface area contributed by atoms with Crippen molar-refractivity contribution in [3.63, 3.8) is 0 Å². The fourth-order valence-corrected chi connectivity index (χ4v) is 3.41. The lowest BCUT2D eigenvalue weighted by molar-refractivity contribution is 0.0692. The molecule has 27 heavy (non-hydrogen) atoms. The summed E-state index contributed by atoms with van der Waals surface area (Å²) in [4.78, 5) is 24.3. The van der Waals surface area contributed by atoms with Crippen LogP contribution in [0.25, 0.3) is 0 Å². The van der Waals surface area contributed by atoms with Gasteiger partial charge in [-0.2, -0.15) is 0 Å². The number of nitrogen functional groups attached to an aromatic ring is 1. The molecule has 0 fully saturated rings. The van der Waals surface area contributed by atoms with Gasteiger partial charge in [-0.15, -0.1) is 0 Å². The van der Waals surface area contributed by atoms with Crippen LogP contribution < -0.4 is 5.73 Å².